The van der Waals surface area contributed by atoms with Gasteiger partial charge in [-0.25, -0.2) is 18.2 Å². The Balaban J connectivity index is 2.94. The van der Waals surface area contributed by atoms with Crippen LogP contribution in [0.5, 0.6) is 0 Å². The fourth-order valence-electron chi connectivity index (χ4n) is 1.03. The van der Waals surface area contributed by atoms with Gasteiger partial charge < -0.3 is 10.1 Å². The van der Waals surface area contributed by atoms with Crippen LogP contribution in [0.2, 0.25) is 5.15 Å². The van der Waals surface area contributed by atoms with E-state index in [0.717, 1.165) is 6.26 Å². The summed E-state index contributed by atoms with van der Waals surface area (Å²) in [6.07, 6.45) is 1.08. The fraction of sp³-hybridized carbons (Fsp3) is 0.333. The fourth-order valence-corrected chi connectivity index (χ4v) is 1.65. The molecule has 1 rings (SSSR count). The average Bonchev–Trinajstić information content (AvgIpc) is 2.23. The van der Waals surface area contributed by atoms with Crippen molar-refractivity contribution in [3.63, 3.8) is 0 Å². The molecule has 6 nitrogen and oxygen atoms in total. The van der Waals surface area contributed by atoms with Crippen LogP contribution < -0.4 is 5.32 Å². The van der Waals surface area contributed by atoms with E-state index in [4.69, 9.17) is 11.6 Å². The van der Waals surface area contributed by atoms with Crippen molar-refractivity contribution in [2.45, 2.75) is 0 Å². The van der Waals surface area contributed by atoms with Crippen molar-refractivity contribution < 1.29 is 17.9 Å². The first-order chi connectivity index (χ1) is 7.81. The van der Waals surface area contributed by atoms with Gasteiger partial charge in [0.2, 0.25) is 0 Å². The molecule has 0 amide bonds. The number of pyridine rings is 1. The van der Waals surface area contributed by atoms with E-state index in [-0.39, 0.29) is 22.4 Å². The number of nitrogens with zero attached hydrogens (tertiary/aromatic N) is 1. The van der Waals surface area contributed by atoms with Gasteiger partial charge in [-0.2, -0.15) is 0 Å². The van der Waals surface area contributed by atoms with Crippen molar-refractivity contribution in [2.24, 2.45) is 0 Å². The molecular formula is C9H11ClN2O4S. The number of carbonyl (C=O) groups excluding carboxylic acids is 1. The van der Waals surface area contributed by atoms with Gasteiger partial charge in [0.05, 0.1) is 12.7 Å². The van der Waals surface area contributed by atoms with E-state index < -0.39 is 15.8 Å². The number of anilines is 1. The Labute approximate surface area is 104 Å². The monoisotopic (exact) mass is 278 g/mol. The molecule has 1 heterocycles. The van der Waals surface area contributed by atoms with E-state index in [1.807, 2.05) is 0 Å². The summed E-state index contributed by atoms with van der Waals surface area (Å²) >= 11 is 5.69. The molecule has 8 heteroatoms. The molecule has 0 radical (unpaired) electrons. The number of carbonyl (C=O) groups is 1. The number of aromatic nitrogens is 1. The van der Waals surface area contributed by atoms with Gasteiger partial charge in [-0.1, -0.05) is 11.6 Å². The molecule has 0 aliphatic carbocycles. The van der Waals surface area contributed by atoms with Gasteiger partial charge in [0, 0.05) is 6.26 Å². The molecule has 1 aromatic heterocycles. The Morgan fingerprint density at radius 3 is 2.71 bits per heavy atom. The predicted octanol–water partition coefficient (Wildman–Crippen LogP) is 0.936. The Bertz CT molecular complexity index is 530. The minimum absolute atomic E-state index is 0.0731. The normalized spacial score (nSPS) is 11.0. The van der Waals surface area contributed by atoms with Gasteiger partial charge in [0.1, 0.15) is 16.8 Å². The second-order valence-corrected chi connectivity index (χ2v) is 5.83. The van der Waals surface area contributed by atoms with Gasteiger partial charge in [-0.05, 0) is 12.1 Å². The molecular weight excluding hydrogens is 268 g/mol. The summed E-state index contributed by atoms with van der Waals surface area (Å²) < 4.78 is 26.4. The second kappa shape index (κ2) is 5.33. The molecule has 0 bridgehead atoms. The first-order valence-electron chi connectivity index (χ1n) is 4.49. The zero-order valence-corrected chi connectivity index (χ0v) is 10.8. The Hall–Kier alpha value is -1.34. The minimum atomic E-state index is -3.18. The minimum Gasteiger partial charge on any atom is -0.465 e. The number of sulfone groups is 1. The molecule has 0 saturated heterocycles. The molecule has 0 atom stereocenters. The van der Waals surface area contributed by atoms with E-state index in [9.17, 15) is 13.2 Å². The summed E-state index contributed by atoms with van der Waals surface area (Å²) in [5.74, 6) is -0.666. The molecule has 0 fully saturated rings. The number of methoxy groups -OCH3 is 1. The smallest absolute Gasteiger partial charge is 0.338 e. The van der Waals surface area contributed by atoms with Crippen LogP contribution in [-0.4, -0.2) is 38.6 Å². The van der Waals surface area contributed by atoms with Crippen LogP contribution >= 0.6 is 11.6 Å². The zero-order valence-electron chi connectivity index (χ0n) is 9.23. The van der Waals surface area contributed by atoms with E-state index in [0.29, 0.717) is 0 Å². The first-order valence-corrected chi connectivity index (χ1v) is 6.93. The Morgan fingerprint density at radius 1 is 1.53 bits per heavy atom. The van der Waals surface area contributed by atoms with Crippen LogP contribution in [0.15, 0.2) is 12.1 Å². The first kappa shape index (κ1) is 13.7. The summed E-state index contributed by atoms with van der Waals surface area (Å²) in [4.78, 5) is 15.1. The zero-order chi connectivity index (χ0) is 13.1. The highest BCUT2D eigenvalue weighted by atomic mass is 35.5. The quantitative estimate of drug-likeness (QED) is 0.651. The van der Waals surface area contributed by atoms with E-state index in [1.54, 1.807) is 0 Å². The maximum absolute atomic E-state index is 11.3. The third-order valence-electron chi connectivity index (χ3n) is 1.73. The van der Waals surface area contributed by atoms with Gasteiger partial charge in [-0.15, -0.1) is 0 Å². The highest BCUT2D eigenvalue weighted by Gasteiger charge is 2.10. The lowest BCUT2D eigenvalue weighted by molar-refractivity contribution is 0.0600. The molecule has 0 unspecified atom stereocenters. The van der Waals surface area contributed by atoms with E-state index in [1.165, 1.54) is 19.2 Å². The number of hydrogen-bond donors (Lipinski definition) is 1. The number of halogens is 1. The number of esters is 1. The van der Waals surface area contributed by atoms with Crippen molar-refractivity contribution in [3.05, 3.63) is 22.8 Å². The Morgan fingerprint density at radius 2 is 2.18 bits per heavy atom. The number of hydrogen-bond acceptors (Lipinski definition) is 6. The van der Waals surface area contributed by atoms with Crippen molar-refractivity contribution in [2.75, 3.05) is 24.6 Å². The molecule has 0 aliphatic heterocycles. The molecule has 0 aliphatic rings. The van der Waals surface area contributed by atoms with Crippen LogP contribution in [0.3, 0.4) is 0 Å². The highest BCUT2D eigenvalue weighted by molar-refractivity contribution is 7.90. The van der Waals surface area contributed by atoms with Gasteiger partial charge in [-0.3, -0.25) is 0 Å². The third-order valence-corrected chi connectivity index (χ3v) is 2.59. The summed E-state index contributed by atoms with van der Waals surface area (Å²) in [7, 11) is -1.95. The van der Waals surface area contributed by atoms with Crippen LogP contribution in [0.4, 0.5) is 5.82 Å². The van der Waals surface area contributed by atoms with Crippen LogP contribution in [0.25, 0.3) is 0 Å². The average molecular weight is 279 g/mol. The topological polar surface area (TPSA) is 85.4 Å². The number of rotatable bonds is 4. The van der Waals surface area contributed by atoms with Crippen LogP contribution in [0, 0.1) is 0 Å². The predicted molar refractivity (Wildman–Crippen MR) is 63.9 cm³/mol. The molecule has 0 spiro atoms. The van der Waals surface area contributed by atoms with Crippen LogP contribution in [-0.2, 0) is 14.6 Å². The molecule has 1 N–H and O–H groups in total. The Kier molecular flexibility index (Phi) is 4.30. The molecule has 94 valence electrons. The lowest BCUT2D eigenvalue weighted by Gasteiger charge is -2.06. The van der Waals surface area contributed by atoms with Gasteiger partial charge in [0.15, 0.2) is 9.84 Å². The lowest BCUT2D eigenvalue weighted by atomic mass is 10.2. The highest BCUT2D eigenvalue weighted by Crippen LogP contribution is 2.15. The largest absolute Gasteiger partial charge is 0.465 e. The number of nitrogens with one attached hydrogen (secondary N) is 1. The lowest BCUT2D eigenvalue weighted by Crippen LogP contribution is -2.14. The molecule has 17 heavy (non-hydrogen) atoms. The van der Waals surface area contributed by atoms with Gasteiger partial charge >= 0.3 is 5.97 Å². The maximum atomic E-state index is 11.3. The number of ether oxygens (including phenoxy) is 1. The third kappa shape index (κ3) is 4.58. The van der Waals surface area contributed by atoms with E-state index >= 15 is 0 Å². The van der Waals surface area contributed by atoms with Crippen molar-refractivity contribution in [3.8, 4) is 0 Å². The van der Waals surface area contributed by atoms with Crippen molar-refractivity contribution in [1.82, 2.24) is 4.98 Å². The molecule has 1 aromatic rings. The standard InChI is InChI=1S/C9H11ClN2O4S/c1-16-9(13)6-3-7(10)12-8(4-6)11-5-17(2,14)15/h3-4H,5H2,1-2H3,(H,11,12). The maximum Gasteiger partial charge on any atom is 0.338 e. The molecule has 0 saturated carbocycles. The summed E-state index contributed by atoms with van der Waals surface area (Å²) in [6.45, 7) is 0. The van der Waals surface area contributed by atoms with Gasteiger partial charge in [0.25, 0.3) is 0 Å². The second-order valence-electron chi connectivity index (χ2n) is 3.30. The summed E-state index contributed by atoms with van der Waals surface area (Å²) in [5.41, 5.74) is 0.198. The van der Waals surface area contributed by atoms with E-state index in [2.05, 4.69) is 15.0 Å². The van der Waals surface area contributed by atoms with Crippen LogP contribution in [0.1, 0.15) is 10.4 Å². The summed E-state index contributed by atoms with van der Waals surface area (Å²) in [5, 5.41) is 2.63. The molecule has 0 aromatic carbocycles. The van der Waals surface area contributed by atoms with Crippen molar-refractivity contribution in [1.29, 1.82) is 0 Å². The SMILES string of the molecule is COC(=O)c1cc(Cl)nc(NCS(C)(=O)=O)c1. The van der Waals surface area contributed by atoms with Crippen molar-refractivity contribution >= 4 is 33.2 Å². The summed E-state index contributed by atoms with van der Waals surface area (Å²) in [6, 6.07) is 2.70.